The van der Waals surface area contributed by atoms with Crippen LogP contribution < -0.4 is 0 Å². The molecule has 0 saturated carbocycles. The first-order valence-electron chi connectivity index (χ1n) is 3.92. The van der Waals surface area contributed by atoms with Gasteiger partial charge in [0.25, 0.3) is 0 Å². The first kappa shape index (κ1) is 10.6. The Morgan fingerprint density at radius 3 is 2.93 bits per heavy atom. The van der Waals surface area contributed by atoms with Crippen molar-refractivity contribution in [1.82, 2.24) is 0 Å². The fourth-order valence-electron chi connectivity index (χ4n) is 1.04. The maximum atomic E-state index is 11.2. The van der Waals surface area contributed by atoms with Gasteiger partial charge in [0.1, 0.15) is 0 Å². The van der Waals surface area contributed by atoms with E-state index in [0.717, 1.165) is 5.56 Å². The topological polar surface area (TPSA) is 50.1 Å². The van der Waals surface area contributed by atoms with Gasteiger partial charge in [-0.15, -0.1) is 0 Å². The Bertz CT molecular complexity index is 396. The third-order valence-corrected chi connectivity index (χ3v) is 2.05. The van der Waals surface area contributed by atoms with E-state index in [2.05, 4.69) is 4.74 Å². The number of carbonyl (C=O) groups excluding carboxylic acids is 1. The Hall–Kier alpha value is -1.53. The van der Waals surface area contributed by atoms with Crippen LogP contribution in [0, 0.1) is 11.3 Å². The molecule has 1 aromatic carbocycles. The van der Waals surface area contributed by atoms with Crippen LogP contribution >= 0.6 is 11.6 Å². The van der Waals surface area contributed by atoms with Crippen molar-refractivity contribution in [1.29, 1.82) is 5.26 Å². The summed E-state index contributed by atoms with van der Waals surface area (Å²) in [4.78, 5) is 11.2. The van der Waals surface area contributed by atoms with Crippen molar-refractivity contribution in [3.63, 3.8) is 0 Å². The second-order valence-electron chi connectivity index (χ2n) is 2.64. The average molecular weight is 210 g/mol. The maximum absolute atomic E-state index is 11.2. The number of methoxy groups -OCH3 is 1. The zero-order valence-corrected chi connectivity index (χ0v) is 8.34. The van der Waals surface area contributed by atoms with Crippen LogP contribution in [-0.4, -0.2) is 13.1 Å². The van der Waals surface area contributed by atoms with Gasteiger partial charge in [0, 0.05) is 0 Å². The standard InChI is InChI=1S/C10H8ClNO2/c1-14-10(13)8-6-7(4-5-12)2-3-9(8)11/h2-3,6H,4H2,1H3. The van der Waals surface area contributed by atoms with Crippen molar-refractivity contribution in [2.24, 2.45) is 0 Å². The number of halogens is 1. The molecule has 0 spiro atoms. The Labute approximate surface area is 86.9 Å². The van der Waals surface area contributed by atoms with Gasteiger partial charge in [-0.25, -0.2) is 4.79 Å². The first-order chi connectivity index (χ1) is 6.69. The highest BCUT2D eigenvalue weighted by atomic mass is 35.5. The van der Waals surface area contributed by atoms with E-state index in [9.17, 15) is 4.79 Å². The Morgan fingerprint density at radius 2 is 2.36 bits per heavy atom. The minimum Gasteiger partial charge on any atom is -0.465 e. The van der Waals surface area contributed by atoms with E-state index < -0.39 is 5.97 Å². The quantitative estimate of drug-likeness (QED) is 0.702. The van der Waals surface area contributed by atoms with Crippen molar-refractivity contribution in [2.75, 3.05) is 7.11 Å². The molecule has 0 bridgehead atoms. The second-order valence-corrected chi connectivity index (χ2v) is 3.05. The molecule has 14 heavy (non-hydrogen) atoms. The van der Waals surface area contributed by atoms with Gasteiger partial charge in [-0.2, -0.15) is 5.26 Å². The summed E-state index contributed by atoms with van der Waals surface area (Å²) in [6.07, 6.45) is 0.251. The van der Waals surface area contributed by atoms with Gasteiger partial charge in [-0.05, 0) is 17.7 Å². The SMILES string of the molecule is COC(=O)c1cc(CC#N)ccc1Cl. The Morgan fingerprint density at radius 1 is 1.64 bits per heavy atom. The van der Waals surface area contributed by atoms with Gasteiger partial charge in [0.2, 0.25) is 0 Å². The third kappa shape index (κ3) is 2.24. The molecular weight excluding hydrogens is 202 g/mol. The zero-order chi connectivity index (χ0) is 10.6. The van der Waals surface area contributed by atoms with Gasteiger partial charge in [-0.3, -0.25) is 0 Å². The van der Waals surface area contributed by atoms with Crippen LogP contribution in [0.4, 0.5) is 0 Å². The van der Waals surface area contributed by atoms with Crippen molar-refractivity contribution >= 4 is 17.6 Å². The van der Waals surface area contributed by atoms with E-state index in [4.69, 9.17) is 16.9 Å². The van der Waals surface area contributed by atoms with Gasteiger partial charge in [0.05, 0.1) is 30.2 Å². The highest BCUT2D eigenvalue weighted by Crippen LogP contribution is 2.18. The van der Waals surface area contributed by atoms with E-state index >= 15 is 0 Å². The van der Waals surface area contributed by atoms with Gasteiger partial charge < -0.3 is 4.74 Å². The molecule has 1 rings (SSSR count). The predicted molar refractivity (Wildman–Crippen MR) is 52.1 cm³/mol. The number of rotatable bonds is 2. The molecule has 0 aliphatic rings. The van der Waals surface area contributed by atoms with Crippen LogP contribution in [0.1, 0.15) is 15.9 Å². The van der Waals surface area contributed by atoms with E-state index in [0.29, 0.717) is 10.6 Å². The molecule has 0 aliphatic carbocycles. The minimum atomic E-state index is -0.491. The molecule has 72 valence electrons. The molecule has 4 heteroatoms. The molecule has 0 aromatic heterocycles. The van der Waals surface area contributed by atoms with E-state index in [-0.39, 0.29) is 6.42 Å². The van der Waals surface area contributed by atoms with Gasteiger partial charge in [-0.1, -0.05) is 17.7 Å². The fraction of sp³-hybridized carbons (Fsp3) is 0.200. The van der Waals surface area contributed by atoms with E-state index in [1.165, 1.54) is 7.11 Å². The van der Waals surface area contributed by atoms with Crippen molar-refractivity contribution in [3.05, 3.63) is 34.3 Å². The summed E-state index contributed by atoms with van der Waals surface area (Å²) in [5.41, 5.74) is 1.04. The highest BCUT2D eigenvalue weighted by Gasteiger charge is 2.10. The summed E-state index contributed by atoms with van der Waals surface area (Å²) in [6.45, 7) is 0. The lowest BCUT2D eigenvalue weighted by atomic mass is 10.1. The van der Waals surface area contributed by atoms with Crippen molar-refractivity contribution in [3.8, 4) is 6.07 Å². The average Bonchev–Trinajstić information content (AvgIpc) is 2.20. The van der Waals surface area contributed by atoms with Crippen LogP contribution in [0.5, 0.6) is 0 Å². The third-order valence-electron chi connectivity index (χ3n) is 1.72. The van der Waals surface area contributed by atoms with Crippen LogP contribution in [0.15, 0.2) is 18.2 Å². The molecule has 0 aliphatic heterocycles. The summed E-state index contributed by atoms with van der Waals surface area (Å²) in [7, 11) is 1.29. The number of benzene rings is 1. The lowest BCUT2D eigenvalue weighted by Crippen LogP contribution is -2.02. The van der Waals surface area contributed by atoms with Crippen molar-refractivity contribution < 1.29 is 9.53 Å². The smallest absolute Gasteiger partial charge is 0.339 e. The first-order valence-corrected chi connectivity index (χ1v) is 4.30. The van der Waals surface area contributed by atoms with Crippen LogP contribution in [0.25, 0.3) is 0 Å². The number of nitriles is 1. The summed E-state index contributed by atoms with van der Waals surface area (Å²) >= 11 is 5.79. The van der Waals surface area contributed by atoms with Gasteiger partial charge >= 0.3 is 5.97 Å². The largest absolute Gasteiger partial charge is 0.465 e. The molecule has 0 amide bonds. The molecule has 0 atom stereocenters. The van der Waals surface area contributed by atoms with E-state index in [1.54, 1.807) is 18.2 Å². The Balaban J connectivity index is 3.09. The summed E-state index contributed by atoms with van der Waals surface area (Å²) < 4.78 is 4.54. The van der Waals surface area contributed by atoms with E-state index in [1.807, 2.05) is 6.07 Å². The van der Waals surface area contributed by atoms with Crippen LogP contribution in [0.3, 0.4) is 0 Å². The fourth-order valence-corrected chi connectivity index (χ4v) is 1.23. The summed E-state index contributed by atoms with van der Waals surface area (Å²) in [5.74, 6) is -0.491. The number of hydrogen-bond acceptors (Lipinski definition) is 3. The van der Waals surface area contributed by atoms with Crippen LogP contribution in [0.2, 0.25) is 5.02 Å². The van der Waals surface area contributed by atoms with Crippen molar-refractivity contribution in [2.45, 2.75) is 6.42 Å². The van der Waals surface area contributed by atoms with Crippen LogP contribution in [-0.2, 0) is 11.2 Å². The summed E-state index contributed by atoms with van der Waals surface area (Å²) in [6, 6.07) is 6.85. The summed E-state index contributed by atoms with van der Waals surface area (Å²) in [5, 5.41) is 8.81. The molecule has 3 nitrogen and oxygen atoms in total. The number of nitrogens with zero attached hydrogens (tertiary/aromatic N) is 1. The molecular formula is C10H8ClNO2. The molecule has 0 saturated heterocycles. The molecule has 0 radical (unpaired) electrons. The minimum absolute atomic E-state index is 0.251. The highest BCUT2D eigenvalue weighted by molar-refractivity contribution is 6.33. The maximum Gasteiger partial charge on any atom is 0.339 e. The zero-order valence-electron chi connectivity index (χ0n) is 7.58. The number of carbonyl (C=O) groups is 1. The molecule has 0 unspecified atom stereocenters. The molecule has 0 N–H and O–H groups in total. The lowest BCUT2D eigenvalue weighted by Gasteiger charge is -2.03. The lowest BCUT2D eigenvalue weighted by molar-refractivity contribution is 0.0601. The Kier molecular flexibility index (Phi) is 3.49. The number of hydrogen-bond donors (Lipinski definition) is 0. The molecule has 1 aromatic rings. The van der Waals surface area contributed by atoms with Gasteiger partial charge in [0.15, 0.2) is 0 Å². The number of ether oxygens (including phenoxy) is 1. The second kappa shape index (κ2) is 4.64. The normalized spacial score (nSPS) is 9.21. The predicted octanol–water partition coefficient (Wildman–Crippen LogP) is 2.19. The monoisotopic (exact) mass is 209 g/mol. The molecule has 0 heterocycles. The number of esters is 1. The molecule has 0 fully saturated rings.